The van der Waals surface area contributed by atoms with Crippen LogP contribution in [0, 0.1) is 5.82 Å². The fourth-order valence-corrected chi connectivity index (χ4v) is 5.79. The normalized spacial score (nSPS) is 22.3. The largest absolute Gasteiger partial charge is 0.454 e. The van der Waals surface area contributed by atoms with E-state index in [2.05, 4.69) is 5.32 Å². The number of halogens is 2. The Labute approximate surface area is 188 Å². The molecule has 1 N–H and O–H groups in total. The molecule has 0 saturated carbocycles. The maximum Gasteiger partial charge on any atom is 0.330 e. The third-order valence-corrected chi connectivity index (χ3v) is 7.44. The second-order valence-corrected chi connectivity index (χ2v) is 9.06. The molecule has 6 nitrogen and oxygen atoms in total. The summed E-state index contributed by atoms with van der Waals surface area (Å²) in [5.41, 5.74) is 1.53. The number of hydrogen-bond acceptors (Lipinski definition) is 5. The van der Waals surface area contributed by atoms with E-state index >= 15 is 0 Å². The summed E-state index contributed by atoms with van der Waals surface area (Å²) in [5.74, 6) is -1.25. The summed E-state index contributed by atoms with van der Waals surface area (Å²) in [6.45, 7) is -0.232. The molecule has 0 radical (unpaired) electrons. The monoisotopic (exact) mass is 462 g/mol. The molecule has 2 aliphatic rings. The topological polar surface area (TPSA) is 75.7 Å². The first-order chi connectivity index (χ1) is 14.9. The van der Waals surface area contributed by atoms with Crippen molar-refractivity contribution < 1.29 is 23.5 Å². The van der Waals surface area contributed by atoms with Crippen LogP contribution in [0.4, 0.5) is 4.39 Å². The molecule has 2 aromatic carbocycles. The number of esters is 1. The summed E-state index contributed by atoms with van der Waals surface area (Å²) in [7, 11) is 0. The van der Waals surface area contributed by atoms with Gasteiger partial charge in [-0.05, 0) is 35.7 Å². The van der Waals surface area contributed by atoms with Gasteiger partial charge >= 0.3 is 5.97 Å². The van der Waals surface area contributed by atoms with Gasteiger partial charge in [0.15, 0.2) is 6.61 Å². The van der Waals surface area contributed by atoms with E-state index < -0.39 is 29.4 Å². The molecule has 0 unspecified atom stereocenters. The highest BCUT2D eigenvalue weighted by Gasteiger charge is 2.57. The van der Waals surface area contributed by atoms with Gasteiger partial charge in [-0.3, -0.25) is 9.59 Å². The van der Waals surface area contributed by atoms with Crippen molar-refractivity contribution in [2.75, 3.05) is 12.4 Å². The lowest BCUT2D eigenvalue weighted by Crippen LogP contribution is -2.47. The van der Waals surface area contributed by atoms with E-state index in [-0.39, 0.29) is 18.3 Å². The van der Waals surface area contributed by atoms with E-state index in [1.807, 2.05) is 6.07 Å². The van der Waals surface area contributed by atoms with Crippen molar-refractivity contribution in [3.8, 4) is 0 Å². The summed E-state index contributed by atoms with van der Waals surface area (Å²) in [5, 5.41) is 3.19. The summed E-state index contributed by atoms with van der Waals surface area (Å²) < 4.78 is 18.6. The van der Waals surface area contributed by atoms with Crippen LogP contribution < -0.4 is 5.32 Å². The van der Waals surface area contributed by atoms with E-state index in [9.17, 15) is 18.8 Å². The van der Waals surface area contributed by atoms with E-state index in [1.54, 1.807) is 30.3 Å². The number of hydrogen-bond donors (Lipinski definition) is 1. The van der Waals surface area contributed by atoms with Gasteiger partial charge in [0.05, 0.1) is 0 Å². The Kier molecular flexibility index (Phi) is 6.20. The number of carbonyl (C=O) groups is 3. The smallest absolute Gasteiger partial charge is 0.330 e. The number of fused-ring (bicyclic) bond motifs is 1. The maximum atomic E-state index is 13.4. The lowest BCUT2D eigenvalue weighted by Gasteiger charge is -2.33. The Morgan fingerprint density at radius 2 is 1.97 bits per heavy atom. The highest BCUT2D eigenvalue weighted by molar-refractivity contribution is 8.00. The minimum absolute atomic E-state index is 0.153. The number of benzene rings is 2. The van der Waals surface area contributed by atoms with Crippen molar-refractivity contribution in [2.45, 2.75) is 30.3 Å². The van der Waals surface area contributed by atoms with Crippen LogP contribution >= 0.6 is 23.4 Å². The summed E-state index contributed by atoms with van der Waals surface area (Å²) in [6.07, 6.45) is 0.830. The number of nitrogens with zero attached hydrogens (tertiary/aromatic N) is 1. The van der Waals surface area contributed by atoms with Crippen LogP contribution in [0.2, 0.25) is 5.02 Å². The number of ether oxygens (including phenoxy) is 1. The van der Waals surface area contributed by atoms with Crippen molar-refractivity contribution in [2.24, 2.45) is 0 Å². The average Bonchev–Trinajstić information content (AvgIpc) is 3.31. The Balaban J connectivity index is 1.37. The van der Waals surface area contributed by atoms with Gasteiger partial charge in [-0.1, -0.05) is 41.9 Å². The second kappa shape index (κ2) is 8.88. The molecule has 2 aliphatic heterocycles. The zero-order valence-electron chi connectivity index (χ0n) is 16.5. The van der Waals surface area contributed by atoms with Crippen LogP contribution in [-0.4, -0.2) is 41.1 Å². The van der Waals surface area contributed by atoms with Gasteiger partial charge in [0.2, 0.25) is 5.91 Å². The molecule has 9 heteroatoms. The molecular formula is C22H20ClFN2O4S. The van der Waals surface area contributed by atoms with Gasteiger partial charge in [-0.25, -0.2) is 9.18 Å². The summed E-state index contributed by atoms with van der Waals surface area (Å²) >= 11 is 7.53. The van der Waals surface area contributed by atoms with Gasteiger partial charge in [0.25, 0.3) is 5.91 Å². The Hall–Kier alpha value is -2.58. The fraction of sp³-hybridized carbons (Fsp3) is 0.318. The Morgan fingerprint density at radius 1 is 1.23 bits per heavy atom. The molecule has 0 aromatic heterocycles. The minimum Gasteiger partial charge on any atom is -0.454 e. The zero-order chi connectivity index (χ0) is 22.0. The highest BCUT2D eigenvalue weighted by Crippen LogP contribution is 2.54. The molecule has 2 heterocycles. The first-order valence-electron chi connectivity index (χ1n) is 9.79. The van der Waals surface area contributed by atoms with Crippen molar-refractivity contribution in [1.29, 1.82) is 0 Å². The van der Waals surface area contributed by atoms with Gasteiger partial charge in [-0.15, -0.1) is 11.8 Å². The molecule has 0 aliphatic carbocycles. The van der Waals surface area contributed by atoms with E-state index in [0.717, 1.165) is 11.1 Å². The third kappa shape index (κ3) is 4.27. The molecule has 0 spiro atoms. The molecule has 2 atom stereocenters. The molecule has 162 valence electrons. The van der Waals surface area contributed by atoms with E-state index in [4.69, 9.17) is 16.3 Å². The van der Waals surface area contributed by atoms with Crippen LogP contribution in [0.1, 0.15) is 24.0 Å². The van der Waals surface area contributed by atoms with Crippen molar-refractivity contribution >= 4 is 41.1 Å². The third-order valence-electron chi connectivity index (χ3n) is 5.47. The quantitative estimate of drug-likeness (QED) is 0.667. The lowest BCUT2D eigenvalue weighted by molar-refractivity contribution is -0.156. The molecular weight excluding hydrogens is 443 g/mol. The van der Waals surface area contributed by atoms with Crippen molar-refractivity contribution in [3.63, 3.8) is 0 Å². The maximum absolute atomic E-state index is 13.4. The average molecular weight is 463 g/mol. The van der Waals surface area contributed by atoms with E-state index in [1.165, 1.54) is 28.8 Å². The first-order valence-corrected chi connectivity index (χ1v) is 11.2. The lowest BCUT2D eigenvalue weighted by atomic mass is 10.0. The van der Waals surface area contributed by atoms with Crippen LogP contribution in [0.5, 0.6) is 0 Å². The number of nitrogens with one attached hydrogen (secondary N) is 1. The van der Waals surface area contributed by atoms with Crippen LogP contribution in [0.3, 0.4) is 0 Å². The predicted molar refractivity (Wildman–Crippen MR) is 115 cm³/mol. The van der Waals surface area contributed by atoms with Gasteiger partial charge < -0.3 is 15.0 Å². The number of amides is 2. The van der Waals surface area contributed by atoms with Gasteiger partial charge in [0.1, 0.15) is 16.7 Å². The van der Waals surface area contributed by atoms with E-state index in [0.29, 0.717) is 23.6 Å². The van der Waals surface area contributed by atoms with Crippen LogP contribution in [0.25, 0.3) is 0 Å². The zero-order valence-corrected chi connectivity index (χ0v) is 18.0. The molecule has 4 rings (SSSR count). The molecule has 2 aromatic rings. The predicted octanol–water partition coefficient (Wildman–Crippen LogP) is 3.23. The molecule has 31 heavy (non-hydrogen) atoms. The summed E-state index contributed by atoms with van der Waals surface area (Å²) in [4.78, 5) is 38.2. The SMILES string of the molecule is O=C(COC(=O)[C@@H]1CS[C@@]2(c3ccc(F)cc3)CCC(=O)N12)NCc1ccccc1Cl. The van der Waals surface area contributed by atoms with Crippen molar-refractivity contribution in [3.05, 3.63) is 70.5 Å². The first kappa shape index (κ1) is 21.6. The molecule has 2 amide bonds. The summed E-state index contributed by atoms with van der Waals surface area (Å²) in [6, 6.07) is 12.3. The van der Waals surface area contributed by atoms with Crippen LogP contribution in [-0.2, 0) is 30.5 Å². The standard InChI is InChI=1S/C22H20ClFN2O4S/c23-17-4-2-1-3-14(17)11-25-19(27)12-30-21(29)18-13-31-22(10-9-20(28)26(18)22)15-5-7-16(24)8-6-15/h1-8,18H,9-13H2,(H,25,27)/t18-,22+/m0/s1. The molecule has 2 saturated heterocycles. The Bertz CT molecular complexity index is 1020. The van der Waals surface area contributed by atoms with Gasteiger partial charge in [0, 0.05) is 23.7 Å². The number of carbonyl (C=O) groups excluding carboxylic acids is 3. The number of rotatable bonds is 6. The molecule has 0 bridgehead atoms. The van der Waals surface area contributed by atoms with Gasteiger partial charge in [-0.2, -0.15) is 0 Å². The minimum atomic E-state index is -0.790. The highest BCUT2D eigenvalue weighted by atomic mass is 35.5. The fourth-order valence-electron chi connectivity index (χ4n) is 3.95. The van der Waals surface area contributed by atoms with Crippen LogP contribution in [0.15, 0.2) is 48.5 Å². The Morgan fingerprint density at radius 3 is 2.71 bits per heavy atom. The second-order valence-electron chi connectivity index (χ2n) is 7.36. The molecule has 2 fully saturated rings. The van der Waals surface area contributed by atoms with Crippen molar-refractivity contribution in [1.82, 2.24) is 10.2 Å². The number of thioether (sulfide) groups is 1.